The van der Waals surface area contributed by atoms with Crippen LogP contribution in [0.1, 0.15) is 24.4 Å². The summed E-state index contributed by atoms with van der Waals surface area (Å²) in [5, 5.41) is 0. The highest BCUT2D eigenvalue weighted by molar-refractivity contribution is 9.11. The highest BCUT2D eigenvalue weighted by Gasteiger charge is 2.09. The summed E-state index contributed by atoms with van der Waals surface area (Å²) in [6, 6.07) is 6.10. The number of hydrogen-bond donors (Lipinski definition) is 2. The fourth-order valence-electron chi connectivity index (χ4n) is 1.29. The van der Waals surface area contributed by atoms with Crippen LogP contribution in [0.15, 0.2) is 27.1 Å². The van der Waals surface area contributed by atoms with E-state index in [0.717, 1.165) is 27.4 Å². The molecular formula is C10H15Br2ClN2. The Morgan fingerprint density at radius 3 is 2.53 bits per heavy atom. The van der Waals surface area contributed by atoms with E-state index in [1.807, 2.05) is 18.2 Å². The van der Waals surface area contributed by atoms with Crippen molar-refractivity contribution in [1.82, 2.24) is 0 Å². The van der Waals surface area contributed by atoms with Gasteiger partial charge in [0.2, 0.25) is 0 Å². The zero-order valence-corrected chi connectivity index (χ0v) is 12.2. The summed E-state index contributed by atoms with van der Waals surface area (Å²) in [4.78, 5) is 0. The van der Waals surface area contributed by atoms with Gasteiger partial charge in [0.1, 0.15) is 0 Å². The Kier molecular flexibility index (Phi) is 7.83. The van der Waals surface area contributed by atoms with E-state index >= 15 is 0 Å². The van der Waals surface area contributed by atoms with Crippen LogP contribution in [0.4, 0.5) is 0 Å². The molecule has 0 unspecified atom stereocenters. The lowest BCUT2D eigenvalue weighted by molar-refractivity contribution is 0.616. The average molecular weight is 359 g/mol. The molecule has 1 aromatic carbocycles. The molecule has 0 fully saturated rings. The van der Waals surface area contributed by atoms with Gasteiger partial charge in [-0.05, 0) is 43.1 Å². The van der Waals surface area contributed by atoms with Gasteiger partial charge in [0.15, 0.2) is 0 Å². The number of nitrogens with two attached hydrogens (primary N) is 2. The van der Waals surface area contributed by atoms with E-state index in [1.165, 1.54) is 0 Å². The lowest BCUT2D eigenvalue weighted by atomic mass is 10.0. The van der Waals surface area contributed by atoms with Crippen LogP contribution in [0.5, 0.6) is 0 Å². The molecule has 1 rings (SSSR count). The lowest BCUT2D eigenvalue weighted by Gasteiger charge is -2.13. The summed E-state index contributed by atoms with van der Waals surface area (Å²) in [5.74, 6) is 0. The molecule has 1 atom stereocenters. The Hall–Kier alpha value is 0.390. The number of rotatable bonds is 4. The maximum atomic E-state index is 6.04. The van der Waals surface area contributed by atoms with Gasteiger partial charge in [-0.1, -0.05) is 31.9 Å². The normalized spacial score (nSPS) is 12.0. The van der Waals surface area contributed by atoms with Crippen molar-refractivity contribution in [2.45, 2.75) is 18.9 Å². The Bertz CT molecular complexity index is 307. The van der Waals surface area contributed by atoms with E-state index in [-0.39, 0.29) is 18.4 Å². The Morgan fingerprint density at radius 1 is 1.27 bits per heavy atom. The zero-order chi connectivity index (χ0) is 10.6. The van der Waals surface area contributed by atoms with Crippen molar-refractivity contribution in [3.63, 3.8) is 0 Å². The minimum atomic E-state index is 0. The molecule has 0 radical (unpaired) electrons. The van der Waals surface area contributed by atoms with Crippen molar-refractivity contribution in [1.29, 1.82) is 0 Å². The van der Waals surface area contributed by atoms with Gasteiger partial charge in [0.25, 0.3) is 0 Å². The van der Waals surface area contributed by atoms with Crippen molar-refractivity contribution in [2.75, 3.05) is 6.54 Å². The van der Waals surface area contributed by atoms with Crippen molar-refractivity contribution in [3.05, 3.63) is 32.7 Å². The first-order chi connectivity index (χ1) is 6.65. The summed E-state index contributed by atoms with van der Waals surface area (Å²) in [6.45, 7) is 0.694. The van der Waals surface area contributed by atoms with Gasteiger partial charge in [-0.15, -0.1) is 12.4 Å². The maximum absolute atomic E-state index is 6.04. The van der Waals surface area contributed by atoms with Crippen LogP contribution in [-0.4, -0.2) is 6.54 Å². The molecule has 0 heterocycles. The monoisotopic (exact) mass is 356 g/mol. The lowest BCUT2D eigenvalue weighted by Crippen LogP contribution is -2.13. The van der Waals surface area contributed by atoms with Gasteiger partial charge in [0.05, 0.1) is 0 Å². The van der Waals surface area contributed by atoms with Crippen LogP contribution >= 0.6 is 44.3 Å². The van der Waals surface area contributed by atoms with Crippen LogP contribution in [0.3, 0.4) is 0 Å². The first-order valence-corrected chi connectivity index (χ1v) is 6.14. The largest absolute Gasteiger partial charge is 0.330 e. The standard InChI is InChI=1S/C10H14Br2N2.ClH/c11-7-3-4-9(12)8(6-7)10(14)2-1-5-13;/h3-4,6,10H,1-2,5,13-14H2;1H/t10-;/m1./s1. The molecule has 2 nitrogen and oxygen atoms in total. The number of halogens is 3. The molecule has 0 aromatic heterocycles. The molecule has 1 aromatic rings. The third-order valence-electron chi connectivity index (χ3n) is 2.08. The third kappa shape index (κ3) is 4.83. The van der Waals surface area contributed by atoms with Crippen molar-refractivity contribution < 1.29 is 0 Å². The molecular weight excluding hydrogens is 343 g/mol. The van der Waals surface area contributed by atoms with E-state index in [9.17, 15) is 0 Å². The minimum absolute atomic E-state index is 0. The molecule has 0 saturated carbocycles. The fraction of sp³-hybridized carbons (Fsp3) is 0.400. The SMILES string of the molecule is Cl.NCCC[C@@H](N)c1cc(Br)ccc1Br. The van der Waals surface area contributed by atoms with Crippen molar-refractivity contribution >= 4 is 44.3 Å². The van der Waals surface area contributed by atoms with E-state index in [2.05, 4.69) is 31.9 Å². The van der Waals surface area contributed by atoms with E-state index in [0.29, 0.717) is 6.54 Å². The van der Waals surface area contributed by atoms with E-state index < -0.39 is 0 Å². The number of hydrogen-bond acceptors (Lipinski definition) is 2. The van der Waals surface area contributed by atoms with E-state index in [1.54, 1.807) is 0 Å². The molecule has 0 amide bonds. The number of benzene rings is 1. The second kappa shape index (κ2) is 7.63. The molecule has 0 aliphatic rings. The zero-order valence-electron chi connectivity index (χ0n) is 8.25. The summed E-state index contributed by atoms with van der Waals surface area (Å²) in [5.41, 5.74) is 12.6. The average Bonchev–Trinajstić information content (AvgIpc) is 2.18. The predicted octanol–water partition coefficient (Wildman–Crippen LogP) is 3.37. The molecule has 0 aliphatic heterocycles. The predicted molar refractivity (Wildman–Crippen MR) is 74.3 cm³/mol. The van der Waals surface area contributed by atoms with Crippen molar-refractivity contribution in [3.8, 4) is 0 Å². The van der Waals surface area contributed by atoms with Gasteiger partial charge in [-0.2, -0.15) is 0 Å². The van der Waals surface area contributed by atoms with E-state index in [4.69, 9.17) is 11.5 Å². The summed E-state index contributed by atoms with van der Waals surface area (Å²) in [6.07, 6.45) is 1.88. The second-order valence-electron chi connectivity index (χ2n) is 3.20. The maximum Gasteiger partial charge on any atom is 0.0306 e. The molecule has 4 N–H and O–H groups in total. The molecule has 0 aliphatic carbocycles. The summed E-state index contributed by atoms with van der Waals surface area (Å²) < 4.78 is 2.11. The van der Waals surface area contributed by atoms with Crippen LogP contribution in [0.2, 0.25) is 0 Å². The summed E-state index contributed by atoms with van der Waals surface area (Å²) >= 11 is 6.92. The molecule has 0 saturated heterocycles. The smallest absolute Gasteiger partial charge is 0.0306 e. The third-order valence-corrected chi connectivity index (χ3v) is 3.29. The first kappa shape index (κ1) is 15.4. The topological polar surface area (TPSA) is 52.0 Å². The first-order valence-electron chi connectivity index (χ1n) is 4.55. The molecule has 86 valence electrons. The van der Waals surface area contributed by atoms with Gasteiger partial charge >= 0.3 is 0 Å². The quantitative estimate of drug-likeness (QED) is 0.867. The van der Waals surface area contributed by atoms with Crippen molar-refractivity contribution in [2.24, 2.45) is 11.5 Å². The second-order valence-corrected chi connectivity index (χ2v) is 4.97. The van der Waals surface area contributed by atoms with Gasteiger partial charge in [-0.3, -0.25) is 0 Å². The van der Waals surface area contributed by atoms with Gasteiger partial charge in [0, 0.05) is 15.0 Å². The Labute approximate surface area is 113 Å². The Morgan fingerprint density at radius 2 is 1.93 bits per heavy atom. The fourth-order valence-corrected chi connectivity index (χ4v) is 2.21. The molecule has 0 spiro atoms. The van der Waals surface area contributed by atoms with Crippen LogP contribution in [0, 0.1) is 0 Å². The minimum Gasteiger partial charge on any atom is -0.330 e. The van der Waals surface area contributed by atoms with Crippen LogP contribution in [-0.2, 0) is 0 Å². The molecule has 0 bridgehead atoms. The molecule has 5 heteroatoms. The highest BCUT2D eigenvalue weighted by atomic mass is 79.9. The Balaban J connectivity index is 0.00000196. The van der Waals surface area contributed by atoms with Crippen LogP contribution in [0.25, 0.3) is 0 Å². The van der Waals surface area contributed by atoms with Gasteiger partial charge in [-0.25, -0.2) is 0 Å². The van der Waals surface area contributed by atoms with Crippen LogP contribution < -0.4 is 11.5 Å². The highest BCUT2D eigenvalue weighted by Crippen LogP contribution is 2.27. The molecule has 15 heavy (non-hydrogen) atoms. The summed E-state index contributed by atoms with van der Waals surface area (Å²) in [7, 11) is 0. The van der Waals surface area contributed by atoms with Gasteiger partial charge < -0.3 is 11.5 Å².